The third-order valence-corrected chi connectivity index (χ3v) is 5.28. The van der Waals surface area contributed by atoms with E-state index in [9.17, 15) is 4.79 Å². The van der Waals surface area contributed by atoms with E-state index in [1.807, 2.05) is 42.7 Å². The predicted molar refractivity (Wildman–Crippen MR) is 123 cm³/mol. The predicted octanol–water partition coefficient (Wildman–Crippen LogP) is 4.56. The van der Waals surface area contributed by atoms with Gasteiger partial charge in [-0.05, 0) is 81.0 Å². The van der Waals surface area contributed by atoms with Gasteiger partial charge < -0.3 is 14.5 Å². The molecule has 31 heavy (non-hydrogen) atoms. The molecule has 7 heteroatoms. The van der Waals surface area contributed by atoms with Crippen molar-refractivity contribution < 1.29 is 14.4 Å². The highest BCUT2D eigenvalue weighted by Gasteiger charge is 2.28. The zero-order valence-electron chi connectivity index (χ0n) is 18.7. The Kier molecular flexibility index (Phi) is 8.27. The lowest BCUT2D eigenvalue weighted by atomic mass is 10.1. The summed E-state index contributed by atoms with van der Waals surface area (Å²) in [6, 6.07) is 7.94. The molecule has 1 aromatic heterocycles. The van der Waals surface area contributed by atoms with Crippen molar-refractivity contribution in [3.05, 3.63) is 53.3 Å². The van der Waals surface area contributed by atoms with E-state index >= 15 is 0 Å². The molecule has 1 aromatic carbocycles. The van der Waals surface area contributed by atoms with Crippen LogP contribution in [0.15, 0.2) is 41.8 Å². The number of hydrogen-bond donors (Lipinski definition) is 0. The summed E-state index contributed by atoms with van der Waals surface area (Å²) in [5.74, 6) is 0.941. The lowest BCUT2D eigenvalue weighted by molar-refractivity contribution is 0.160. The number of urea groups is 1. The highest BCUT2D eigenvalue weighted by Crippen LogP contribution is 2.25. The Morgan fingerprint density at radius 3 is 2.55 bits per heavy atom. The molecule has 3 rings (SSSR count). The SMILES string of the molecule is CCO/N=C/c1cc(C)c(OCCCCCN2CCN(c3ccncc3)C2=O)c(C)c1. The highest BCUT2D eigenvalue weighted by molar-refractivity contribution is 5.94. The van der Waals surface area contributed by atoms with E-state index in [-0.39, 0.29) is 6.03 Å². The average molecular weight is 425 g/mol. The molecular weight excluding hydrogens is 392 g/mol. The Bertz CT molecular complexity index is 863. The van der Waals surface area contributed by atoms with Crippen LogP contribution in [-0.4, -0.2) is 55.0 Å². The first kappa shape index (κ1) is 22.6. The van der Waals surface area contributed by atoms with Gasteiger partial charge in [-0.1, -0.05) is 5.16 Å². The zero-order valence-corrected chi connectivity index (χ0v) is 18.7. The molecule has 1 saturated heterocycles. The van der Waals surface area contributed by atoms with Crippen molar-refractivity contribution in [1.82, 2.24) is 9.88 Å². The summed E-state index contributed by atoms with van der Waals surface area (Å²) < 4.78 is 6.05. The Morgan fingerprint density at radius 1 is 1.10 bits per heavy atom. The van der Waals surface area contributed by atoms with Crippen LogP contribution < -0.4 is 9.64 Å². The molecule has 2 heterocycles. The van der Waals surface area contributed by atoms with E-state index in [1.165, 1.54) is 0 Å². The van der Waals surface area contributed by atoms with Gasteiger partial charge in [0.05, 0.1) is 12.8 Å². The van der Waals surface area contributed by atoms with Crippen LogP contribution in [0.25, 0.3) is 0 Å². The smallest absolute Gasteiger partial charge is 0.324 e. The summed E-state index contributed by atoms with van der Waals surface area (Å²) in [5, 5.41) is 3.93. The Hall–Kier alpha value is -3.09. The van der Waals surface area contributed by atoms with E-state index in [2.05, 4.69) is 22.3 Å². The Labute approximate surface area is 184 Å². The van der Waals surface area contributed by atoms with Crippen LogP contribution >= 0.6 is 0 Å². The van der Waals surface area contributed by atoms with E-state index in [1.54, 1.807) is 18.6 Å². The maximum atomic E-state index is 12.6. The van der Waals surface area contributed by atoms with Gasteiger partial charge in [-0.2, -0.15) is 0 Å². The van der Waals surface area contributed by atoms with Crippen LogP contribution in [0.5, 0.6) is 5.75 Å². The fourth-order valence-corrected chi connectivity index (χ4v) is 3.77. The number of carbonyl (C=O) groups excluding carboxylic acids is 1. The second-order valence-corrected chi connectivity index (χ2v) is 7.67. The molecule has 1 aliphatic rings. The van der Waals surface area contributed by atoms with Crippen LogP contribution in [0.1, 0.15) is 42.9 Å². The number of carbonyl (C=O) groups is 1. The molecular formula is C24H32N4O3. The number of benzene rings is 1. The quantitative estimate of drug-likeness (QED) is 0.301. The summed E-state index contributed by atoms with van der Waals surface area (Å²) in [5.41, 5.74) is 4.11. The second-order valence-electron chi connectivity index (χ2n) is 7.67. The van der Waals surface area contributed by atoms with Crippen molar-refractivity contribution in [3.63, 3.8) is 0 Å². The Balaban J connectivity index is 1.38. The van der Waals surface area contributed by atoms with Gasteiger partial charge in [-0.3, -0.25) is 9.88 Å². The number of aryl methyl sites for hydroxylation is 2. The van der Waals surface area contributed by atoms with Gasteiger partial charge in [-0.25, -0.2) is 4.79 Å². The van der Waals surface area contributed by atoms with Crippen molar-refractivity contribution in [2.75, 3.05) is 37.7 Å². The van der Waals surface area contributed by atoms with Crippen LogP contribution in [0.2, 0.25) is 0 Å². The van der Waals surface area contributed by atoms with Crippen molar-refractivity contribution in [1.29, 1.82) is 0 Å². The molecule has 0 aliphatic carbocycles. The summed E-state index contributed by atoms with van der Waals surface area (Å²) in [6.45, 7) is 9.53. The van der Waals surface area contributed by atoms with Gasteiger partial charge in [0.1, 0.15) is 12.4 Å². The van der Waals surface area contributed by atoms with Crippen LogP contribution in [0, 0.1) is 13.8 Å². The first-order valence-electron chi connectivity index (χ1n) is 11.0. The number of rotatable bonds is 11. The fourth-order valence-electron chi connectivity index (χ4n) is 3.77. The molecule has 0 spiro atoms. The van der Waals surface area contributed by atoms with Crippen molar-refractivity contribution in [2.45, 2.75) is 40.0 Å². The number of ether oxygens (including phenoxy) is 1. The third kappa shape index (κ3) is 6.20. The van der Waals surface area contributed by atoms with Crippen molar-refractivity contribution in [3.8, 4) is 5.75 Å². The summed E-state index contributed by atoms with van der Waals surface area (Å²) >= 11 is 0. The number of hydrogen-bond acceptors (Lipinski definition) is 5. The minimum atomic E-state index is 0.0849. The molecule has 166 valence electrons. The molecule has 0 atom stereocenters. The second kappa shape index (κ2) is 11.3. The maximum absolute atomic E-state index is 12.6. The van der Waals surface area contributed by atoms with Gasteiger partial charge in [0.25, 0.3) is 0 Å². The number of oxime groups is 1. The number of aromatic nitrogens is 1. The van der Waals surface area contributed by atoms with Gasteiger partial charge >= 0.3 is 6.03 Å². The molecule has 1 fully saturated rings. The topological polar surface area (TPSA) is 67.3 Å². The van der Waals surface area contributed by atoms with Gasteiger partial charge in [-0.15, -0.1) is 0 Å². The van der Waals surface area contributed by atoms with Crippen molar-refractivity contribution in [2.24, 2.45) is 5.16 Å². The van der Waals surface area contributed by atoms with Gasteiger partial charge in [0.15, 0.2) is 0 Å². The zero-order chi connectivity index (χ0) is 22.1. The molecule has 0 unspecified atom stereocenters. The molecule has 7 nitrogen and oxygen atoms in total. The molecule has 0 radical (unpaired) electrons. The normalized spacial score (nSPS) is 14.0. The molecule has 0 saturated carbocycles. The van der Waals surface area contributed by atoms with E-state index in [4.69, 9.17) is 9.57 Å². The molecule has 0 N–H and O–H groups in total. The lowest BCUT2D eigenvalue weighted by Crippen LogP contribution is -2.32. The lowest BCUT2D eigenvalue weighted by Gasteiger charge is -2.18. The summed E-state index contributed by atoms with van der Waals surface area (Å²) in [4.78, 5) is 25.4. The van der Waals surface area contributed by atoms with Crippen molar-refractivity contribution >= 4 is 17.9 Å². The number of unbranched alkanes of at least 4 members (excludes halogenated alkanes) is 2. The van der Waals surface area contributed by atoms with Crippen LogP contribution in [-0.2, 0) is 4.84 Å². The fraction of sp³-hybridized carbons (Fsp3) is 0.458. The van der Waals surface area contributed by atoms with E-state index < -0.39 is 0 Å². The highest BCUT2D eigenvalue weighted by atomic mass is 16.6. The number of pyridine rings is 1. The monoisotopic (exact) mass is 424 g/mol. The average Bonchev–Trinajstić information content (AvgIpc) is 3.13. The summed E-state index contributed by atoms with van der Waals surface area (Å²) in [6.07, 6.45) is 8.12. The number of nitrogens with zero attached hydrogens (tertiary/aromatic N) is 4. The van der Waals surface area contributed by atoms with Crippen LogP contribution in [0.3, 0.4) is 0 Å². The largest absolute Gasteiger partial charge is 0.493 e. The van der Waals surface area contributed by atoms with E-state index in [0.717, 1.165) is 67.0 Å². The van der Waals surface area contributed by atoms with Gasteiger partial charge in [0, 0.05) is 37.7 Å². The number of anilines is 1. The summed E-state index contributed by atoms with van der Waals surface area (Å²) in [7, 11) is 0. The Morgan fingerprint density at radius 2 is 1.84 bits per heavy atom. The molecule has 2 aromatic rings. The van der Waals surface area contributed by atoms with E-state index in [0.29, 0.717) is 13.2 Å². The molecule has 2 amide bonds. The molecule has 1 aliphatic heterocycles. The first-order chi connectivity index (χ1) is 15.1. The molecule has 0 bridgehead atoms. The minimum absolute atomic E-state index is 0.0849. The maximum Gasteiger partial charge on any atom is 0.324 e. The van der Waals surface area contributed by atoms with Crippen LogP contribution in [0.4, 0.5) is 10.5 Å². The minimum Gasteiger partial charge on any atom is -0.493 e. The van der Waals surface area contributed by atoms with Gasteiger partial charge in [0.2, 0.25) is 0 Å². The standard InChI is InChI=1S/C24H32N4O3/c1-4-31-26-18-21-16-19(2)23(20(3)17-21)30-15-7-5-6-12-27-13-14-28(24(27)29)22-8-10-25-11-9-22/h8-11,16-18H,4-7,12-15H2,1-3H3/b26-18+. The first-order valence-corrected chi connectivity index (χ1v) is 11.0. The number of amides is 2. The third-order valence-electron chi connectivity index (χ3n) is 5.28.